The second kappa shape index (κ2) is 12.7. The fraction of sp³-hybridized carbons (Fsp3) is 0.176. The van der Waals surface area contributed by atoms with Crippen LogP contribution in [0.3, 0.4) is 0 Å². The summed E-state index contributed by atoms with van der Waals surface area (Å²) >= 11 is 0. The van der Waals surface area contributed by atoms with Gasteiger partial charge in [0.2, 0.25) is 5.76 Å². The molecule has 0 fully saturated rings. The molecule has 0 bridgehead atoms. The molecule has 2 aliphatic rings. The Bertz CT molecular complexity index is 1840. The summed E-state index contributed by atoms with van der Waals surface area (Å²) in [7, 11) is 0. The van der Waals surface area contributed by atoms with Gasteiger partial charge in [-0.3, -0.25) is 0 Å². The minimum absolute atomic E-state index is 0.0328. The zero-order chi connectivity index (χ0) is 31.4. The Kier molecular flexibility index (Phi) is 8.80. The number of ether oxygens (including phenoxy) is 1. The fourth-order valence-corrected chi connectivity index (χ4v) is 4.63. The Hall–Kier alpha value is -4.99. The van der Waals surface area contributed by atoms with Crippen LogP contribution in [0.1, 0.15) is 36.5 Å². The van der Waals surface area contributed by atoms with Crippen molar-refractivity contribution in [3.63, 3.8) is 0 Å². The number of rotatable bonds is 7. The fourth-order valence-electron chi connectivity index (χ4n) is 4.63. The number of fused-ring (bicyclic) bond motifs is 1. The molecule has 0 spiro atoms. The first-order valence-corrected chi connectivity index (χ1v) is 13.9. The SMILES string of the molecule is CC.Cc1c(F)cccc1-c1nc2ccn(Cc3ccc(-c4ccc(F)cc4OCc4ccc(C(F)(F)F)o4)cc3)cc-2n1. The van der Waals surface area contributed by atoms with Crippen LogP contribution >= 0.6 is 0 Å². The Morgan fingerprint density at radius 2 is 1.59 bits per heavy atom. The van der Waals surface area contributed by atoms with Crippen molar-refractivity contribution in [3.8, 4) is 39.7 Å². The number of imidazole rings is 1. The number of furan rings is 1. The normalized spacial score (nSPS) is 11.4. The summed E-state index contributed by atoms with van der Waals surface area (Å²) in [6.07, 6.45) is -0.841. The average molecular weight is 606 g/mol. The van der Waals surface area contributed by atoms with Gasteiger partial charge in [0, 0.05) is 36.1 Å². The minimum Gasteiger partial charge on any atom is -0.485 e. The van der Waals surface area contributed by atoms with Crippen molar-refractivity contribution >= 4 is 0 Å². The minimum atomic E-state index is -4.60. The van der Waals surface area contributed by atoms with Gasteiger partial charge in [0.05, 0.1) is 5.69 Å². The van der Waals surface area contributed by atoms with Crippen LogP contribution in [-0.2, 0) is 19.3 Å². The average Bonchev–Trinajstić information content (AvgIpc) is 3.67. The molecule has 6 rings (SSSR count). The lowest BCUT2D eigenvalue weighted by atomic mass is 10.0. The smallest absolute Gasteiger partial charge is 0.449 e. The van der Waals surface area contributed by atoms with Gasteiger partial charge in [0.25, 0.3) is 0 Å². The number of alkyl halides is 3. The Morgan fingerprint density at radius 1 is 0.841 bits per heavy atom. The van der Waals surface area contributed by atoms with Crippen LogP contribution in [0.25, 0.3) is 33.9 Å². The van der Waals surface area contributed by atoms with Crippen molar-refractivity contribution in [2.75, 3.05) is 0 Å². The number of aromatic nitrogens is 3. The monoisotopic (exact) mass is 605 g/mol. The number of hydrogen-bond acceptors (Lipinski definition) is 4. The Balaban J connectivity index is 0.00000188. The first-order chi connectivity index (χ1) is 21.1. The molecule has 3 heterocycles. The van der Waals surface area contributed by atoms with Gasteiger partial charge in [-0.1, -0.05) is 50.2 Å². The van der Waals surface area contributed by atoms with Crippen LogP contribution in [0.2, 0.25) is 0 Å². The van der Waals surface area contributed by atoms with Gasteiger partial charge in [-0.05, 0) is 60.0 Å². The van der Waals surface area contributed by atoms with Gasteiger partial charge in [-0.15, -0.1) is 0 Å². The molecule has 0 amide bonds. The molecule has 0 atom stereocenters. The predicted molar refractivity (Wildman–Crippen MR) is 157 cm³/mol. The zero-order valence-corrected chi connectivity index (χ0v) is 24.1. The van der Waals surface area contributed by atoms with Crippen LogP contribution < -0.4 is 4.74 Å². The van der Waals surface area contributed by atoms with E-state index in [4.69, 9.17) is 9.15 Å². The van der Waals surface area contributed by atoms with Gasteiger partial charge in [-0.25, -0.2) is 18.7 Å². The summed E-state index contributed by atoms with van der Waals surface area (Å²) < 4.78 is 79.0. The zero-order valence-electron chi connectivity index (χ0n) is 24.1. The van der Waals surface area contributed by atoms with Crippen LogP contribution in [0.4, 0.5) is 22.0 Å². The second-order valence-electron chi connectivity index (χ2n) is 9.74. The van der Waals surface area contributed by atoms with E-state index in [0.29, 0.717) is 40.4 Å². The summed E-state index contributed by atoms with van der Waals surface area (Å²) in [6.45, 7) is 5.93. The largest absolute Gasteiger partial charge is 0.485 e. The molecular weight excluding hydrogens is 577 g/mol. The van der Waals surface area contributed by atoms with E-state index >= 15 is 0 Å². The van der Waals surface area contributed by atoms with Crippen molar-refractivity contribution in [2.45, 2.75) is 40.1 Å². The first kappa shape index (κ1) is 30.5. The van der Waals surface area contributed by atoms with Gasteiger partial charge in [0.15, 0.2) is 5.82 Å². The maximum Gasteiger partial charge on any atom is 0.449 e. The number of halogens is 5. The highest BCUT2D eigenvalue weighted by Crippen LogP contribution is 2.34. The second-order valence-corrected chi connectivity index (χ2v) is 9.74. The molecule has 2 aliphatic heterocycles. The van der Waals surface area contributed by atoms with Gasteiger partial charge >= 0.3 is 6.18 Å². The van der Waals surface area contributed by atoms with Crippen molar-refractivity contribution in [3.05, 3.63) is 126 Å². The van der Waals surface area contributed by atoms with Crippen molar-refractivity contribution in [1.29, 1.82) is 0 Å². The standard InChI is InChI=1S/C32H22F5N3O2.C2H6/c1-19-24(3-2-4-26(19)34)31-38-27-13-14-40(17-28(27)39-31)16-20-5-7-21(8-6-20)25-11-9-22(33)15-29(25)41-18-23-10-12-30(42-23)32(35,36)37;1-2/h2-15,17H,16,18H2,1H3;1-2H3. The number of nitrogens with zero attached hydrogens (tertiary/aromatic N) is 3. The molecule has 44 heavy (non-hydrogen) atoms. The molecule has 226 valence electrons. The van der Waals surface area contributed by atoms with E-state index in [0.717, 1.165) is 17.2 Å². The Labute approximate surface area is 250 Å². The summed E-state index contributed by atoms with van der Waals surface area (Å²) in [6, 6.07) is 20.3. The van der Waals surface area contributed by atoms with Crippen molar-refractivity contribution in [2.24, 2.45) is 0 Å². The summed E-state index contributed by atoms with van der Waals surface area (Å²) in [5.74, 6) is -1.37. The molecular formula is C34H28F5N3O2. The molecule has 0 saturated heterocycles. The van der Waals surface area contributed by atoms with Crippen molar-refractivity contribution in [1.82, 2.24) is 14.5 Å². The number of benzene rings is 3. The highest BCUT2D eigenvalue weighted by Gasteiger charge is 2.34. The van der Waals surface area contributed by atoms with E-state index in [1.807, 2.05) is 61.1 Å². The van der Waals surface area contributed by atoms with Gasteiger partial charge in [-0.2, -0.15) is 13.2 Å². The molecule has 0 aliphatic carbocycles. The number of pyridine rings is 1. The predicted octanol–water partition coefficient (Wildman–Crippen LogP) is 9.57. The van der Waals surface area contributed by atoms with Gasteiger partial charge < -0.3 is 13.7 Å². The maximum absolute atomic E-state index is 14.0. The van der Waals surface area contributed by atoms with E-state index < -0.39 is 17.8 Å². The molecule has 0 saturated carbocycles. The highest BCUT2D eigenvalue weighted by molar-refractivity contribution is 5.71. The van der Waals surface area contributed by atoms with Gasteiger partial charge in [0.1, 0.15) is 35.4 Å². The molecule has 0 radical (unpaired) electrons. The van der Waals surface area contributed by atoms with E-state index in [1.54, 1.807) is 25.1 Å². The molecule has 0 unspecified atom stereocenters. The van der Waals surface area contributed by atoms with Crippen LogP contribution in [0.15, 0.2) is 95.7 Å². The van der Waals surface area contributed by atoms with E-state index in [1.165, 1.54) is 24.3 Å². The third-order valence-electron chi connectivity index (χ3n) is 6.82. The van der Waals surface area contributed by atoms with Crippen molar-refractivity contribution < 1.29 is 31.1 Å². The van der Waals surface area contributed by atoms with E-state index in [2.05, 4.69) is 9.97 Å². The van der Waals surface area contributed by atoms with E-state index in [9.17, 15) is 22.0 Å². The topological polar surface area (TPSA) is 53.1 Å². The maximum atomic E-state index is 14.0. The number of hydrogen-bond donors (Lipinski definition) is 0. The third-order valence-corrected chi connectivity index (χ3v) is 6.82. The summed E-state index contributed by atoms with van der Waals surface area (Å²) in [5.41, 5.74) is 4.81. The molecule has 3 aromatic carbocycles. The van der Waals surface area contributed by atoms with E-state index in [-0.39, 0.29) is 23.9 Å². The molecule has 0 N–H and O–H groups in total. The molecule has 4 aromatic rings. The third kappa shape index (κ3) is 6.64. The summed E-state index contributed by atoms with van der Waals surface area (Å²) in [5, 5.41) is 0. The summed E-state index contributed by atoms with van der Waals surface area (Å²) in [4.78, 5) is 9.16. The first-order valence-electron chi connectivity index (χ1n) is 13.9. The lowest BCUT2D eigenvalue weighted by Crippen LogP contribution is -2.02. The van der Waals surface area contributed by atoms with Crippen LogP contribution in [0, 0.1) is 18.6 Å². The quantitative estimate of drug-likeness (QED) is 0.170. The molecule has 1 aromatic heterocycles. The van der Waals surface area contributed by atoms with Crippen LogP contribution in [0.5, 0.6) is 5.75 Å². The molecule has 5 nitrogen and oxygen atoms in total. The Morgan fingerprint density at radius 3 is 2.32 bits per heavy atom. The molecule has 10 heteroatoms. The lowest BCUT2D eigenvalue weighted by molar-refractivity contribution is -0.153. The highest BCUT2D eigenvalue weighted by atomic mass is 19.4. The van der Waals surface area contributed by atoms with Crippen LogP contribution in [-0.4, -0.2) is 14.5 Å². The lowest BCUT2D eigenvalue weighted by Gasteiger charge is -2.13.